The molecule has 0 aromatic carbocycles. The Labute approximate surface area is 218 Å². The Balaban J connectivity index is 1.46. The largest absolute Gasteiger partial charge is 0.494 e. The third kappa shape index (κ3) is 6.61. The van der Waals surface area contributed by atoms with Crippen LogP contribution in [0.4, 0.5) is 18.9 Å². The molecule has 1 fully saturated rings. The van der Waals surface area contributed by atoms with Gasteiger partial charge < -0.3 is 23.9 Å². The van der Waals surface area contributed by atoms with Gasteiger partial charge in [0.1, 0.15) is 28.5 Å². The summed E-state index contributed by atoms with van der Waals surface area (Å²) in [6.45, 7) is 7.62. The van der Waals surface area contributed by atoms with Crippen LogP contribution in [0.25, 0.3) is 5.65 Å². The molecule has 38 heavy (non-hydrogen) atoms. The second kappa shape index (κ2) is 12.1. The number of ether oxygens (including phenoxy) is 3. The summed E-state index contributed by atoms with van der Waals surface area (Å²) in [4.78, 5) is 23.3. The molecule has 0 bridgehead atoms. The molecule has 1 saturated heterocycles. The zero-order valence-corrected chi connectivity index (χ0v) is 21.6. The number of aromatic nitrogens is 3. The van der Waals surface area contributed by atoms with Gasteiger partial charge in [0, 0.05) is 44.1 Å². The van der Waals surface area contributed by atoms with E-state index in [4.69, 9.17) is 19.2 Å². The second-order valence-electron chi connectivity index (χ2n) is 8.96. The van der Waals surface area contributed by atoms with Crippen LogP contribution in [0.1, 0.15) is 54.5 Å². The number of imidazole rings is 1. The fraction of sp³-hybridized carbons (Fsp3) is 0.500. The van der Waals surface area contributed by atoms with E-state index >= 15 is 0 Å². The molecule has 1 aliphatic heterocycles. The first kappa shape index (κ1) is 27.8. The van der Waals surface area contributed by atoms with E-state index in [0.717, 1.165) is 50.3 Å². The smallest absolute Gasteiger partial charge is 0.433 e. The molecule has 1 N–H and O–H groups in total. The number of hydrogen-bond acceptors (Lipinski definition) is 7. The number of alkyl halides is 3. The molecule has 1 aliphatic rings. The Hall–Kier alpha value is -3.22. The Kier molecular flexibility index (Phi) is 8.85. The monoisotopic (exact) mass is 535 g/mol. The van der Waals surface area contributed by atoms with Crippen LogP contribution in [-0.2, 0) is 15.7 Å². The Bertz CT molecular complexity index is 1240. The molecule has 1 amide bonds. The summed E-state index contributed by atoms with van der Waals surface area (Å²) < 4.78 is 57.6. The van der Waals surface area contributed by atoms with E-state index < -0.39 is 17.8 Å². The number of rotatable bonds is 10. The van der Waals surface area contributed by atoms with E-state index in [9.17, 15) is 18.0 Å². The van der Waals surface area contributed by atoms with Crippen molar-refractivity contribution in [2.45, 2.75) is 45.1 Å². The summed E-state index contributed by atoms with van der Waals surface area (Å²) in [6.07, 6.45) is 0.526. The summed E-state index contributed by atoms with van der Waals surface area (Å²) in [5.41, 5.74) is 0.379. The van der Waals surface area contributed by atoms with Crippen LogP contribution in [-0.4, -0.2) is 71.4 Å². The first-order valence-corrected chi connectivity index (χ1v) is 12.6. The summed E-state index contributed by atoms with van der Waals surface area (Å²) >= 11 is 0. The maximum Gasteiger partial charge on any atom is 0.433 e. The van der Waals surface area contributed by atoms with E-state index in [-0.39, 0.29) is 17.9 Å². The topological polar surface area (TPSA) is 90.2 Å². The van der Waals surface area contributed by atoms with Gasteiger partial charge in [-0.3, -0.25) is 9.69 Å². The molecule has 0 saturated carbocycles. The molecular formula is C26H32F3N5O4. The molecule has 206 valence electrons. The van der Waals surface area contributed by atoms with Gasteiger partial charge in [0.05, 0.1) is 12.8 Å². The number of carbonyl (C=O) groups excluding carboxylic acids is 1. The van der Waals surface area contributed by atoms with Crippen LogP contribution < -0.4 is 10.1 Å². The van der Waals surface area contributed by atoms with Crippen molar-refractivity contribution in [2.24, 2.45) is 0 Å². The first-order valence-electron chi connectivity index (χ1n) is 12.6. The van der Waals surface area contributed by atoms with Crippen molar-refractivity contribution in [2.75, 3.05) is 45.3 Å². The van der Waals surface area contributed by atoms with Gasteiger partial charge in [-0.25, -0.2) is 9.97 Å². The highest BCUT2D eigenvalue weighted by Gasteiger charge is 2.33. The quantitative estimate of drug-likeness (QED) is 0.380. The predicted octanol–water partition coefficient (Wildman–Crippen LogP) is 4.59. The number of halogens is 3. The van der Waals surface area contributed by atoms with Crippen molar-refractivity contribution < 1.29 is 32.2 Å². The number of carbonyl (C=O) groups is 1. The number of pyridine rings is 2. The number of hydrogen-bond donors (Lipinski definition) is 1. The predicted molar refractivity (Wildman–Crippen MR) is 134 cm³/mol. The van der Waals surface area contributed by atoms with Crippen molar-refractivity contribution in [3.63, 3.8) is 0 Å². The number of methoxy groups -OCH3 is 1. The third-order valence-corrected chi connectivity index (χ3v) is 6.43. The number of anilines is 1. The standard InChI is InChI=1S/C26H32F3N5O4/c1-4-37-24(38-5-2)16-33-11-9-17(10-12-33)19-14-34-15-20(21(36-3)13-23(34)31-19)32-25(35)18-7-6-8-22(30-18)26(27,28)29/h6-8,13-15,17,24H,4-5,9-12,16H2,1-3H3,(H,32,35). The zero-order chi connectivity index (χ0) is 27.3. The van der Waals surface area contributed by atoms with Gasteiger partial charge in [-0.2, -0.15) is 13.2 Å². The minimum Gasteiger partial charge on any atom is -0.494 e. The molecule has 0 atom stereocenters. The van der Waals surface area contributed by atoms with Gasteiger partial charge in [-0.05, 0) is 51.9 Å². The highest BCUT2D eigenvalue weighted by molar-refractivity contribution is 6.03. The van der Waals surface area contributed by atoms with E-state index in [1.807, 2.05) is 20.0 Å². The van der Waals surface area contributed by atoms with Gasteiger partial charge in [0.25, 0.3) is 5.91 Å². The molecule has 0 aliphatic carbocycles. The third-order valence-electron chi connectivity index (χ3n) is 6.43. The molecule has 9 nitrogen and oxygen atoms in total. The van der Waals surface area contributed by atoms with Gasteiger partial charge in [-0.1, -0.05) is 6.07 Å². The fourth-order valence-electron chi connectivity index (χ4n) is 4.55. The molecule has 0 unspecified atom stereocenters. The second-order valence-corrected chi connectivity index (χ2v) is 8.96. The minimum atomic E-state index is -4.65. The Morgan fingerprint density at radius 2 is 1.84 bits per heavy atom. The van der Waals surface area contributed by atoms with E-state index in [0.29, 0.717) is 30.3 Å². The summed E-state index contributed by atoms with van der Waals surface area (Å²) in [7, 11) is 1.45. The van der Waals surface area contributed by atoms with Gasteiger partial charge in [0.15, 0.2) is 6.29 Å². The van der Waals surface area contributed by atoms with Crippen molar-refractivity contribution in [1.82, 2.24) is 19.3 Å². The number of likely N-dealkylation sites (tertiary alicyclic amines) is 1. The van der Waals surface area contributed by atoms with Crippen molar-refractivity contribution in [1.29, 1.82) is 0 Å². The van der Waals surface area contributed by atoms with E-state index in [1.54, 1.807) is 16.7 Å². The SMILES string of the molecule is CCOC(CN1CCC(c2cn3cc(NC(=O)c4cccc(C(F)(F)F)n4)c(OC)cc3n2)CC1)OCC. The molecule has 3 aromatic rings. The normalized spacial score (nSPS) is 15.3. The van der Waals surface area contributed by atoms with Crippen molar-refractivity contribution in [3.05, 3.63) is 53.7 Å². The van der Waals surface area contributed by atoms with Crippen LogP contribution >= 0.6 is 0 Å². The number of piperidine rings is 1. The lowest BCUT2D eigenvalue weighted by molar-refractivity contribution is -0.148. The fourth-order valence-corrected chi connectivity index (χ4v) is 4.55. The lowest BCUT2D eigenvalue weighted by Gasteiger charge is -2.33. The van der Waals surface area contributed by atoms with Gasteiger partial charge >= 0.3 is 6.18 Å². The number of nitrogens with zero attached hydrogens (tertiary/aromatic N) is 4. The maximum atomic E-state index is 13.0. The average molecular weight is 536 g/mol. The number of amides is 1. The Morgan fingerprint density at radius 1 is 1.13 bits per heavy atom. The number of fused-ring (bicyclic) bond motifs is 1. The van der Waals surface area contributed by atoms with Crippen LogP contribution in [0.15, 0.2) is 36.7 Å². The van der Waals surface area contributed by atoms with Crippen LogP contribution in [0.5, 0.6) is 5.75 Å². The molecule has 0 spiro atoms. The lowest BCUT2D eigenvalue weighted by atomic mass is 9.94. The maximum absolute atomic E-state index is 13.0. The minimum absolute atomic E-state index is 0.232. The highest BCUT2D eigenvalue weighted by atomic mass is 19.4. The van der Waals surface area contributed by atoms with E-state index in [2.05, 4.69) is 15.2 Å². The summed E-state index contributed by atoms with van der Waals surface area (Å²) in [5, 5.41) is 2.61. The van der Waals surface area contributed by atoms with Gasteiger partial charge in [0.2, 0.25) is 0 Å². The molecule has 0 radical (unpaired) electrons. The van der Waals surface area contributed by atoms with E-state index in [1.165, 1.54) is 13.2 Å². The number of nitrogens with one attached hydrogen (secondary N) is 1. The molecule has 4 heterocycles. The van der Waals surface area contributed by atoms with Crippen LogP contribution in [0, 0.1) is 0 Å². The highest BCUT2D eigenvalue weighted by Crippen LogP contribution is 2.32. The lowest BCUT2D eigenvalue weighted by Crippen LogP contribution is -2.40. The molecule has 3 aromatic heterocycles. The zero-order valence-electron chi connectivity index (χ0n) is 21.6. The first-order chi connectivity index (χ1) is 18.2. The summed E-state index contributed by atoms with van der Waals surface area (Å²) in [5.74, 6) is -0.177. The van der Waals surface area contributed by atoms with Crippen LogP contribution in [0.2, 0.25) is 0 Å². The van der Waals surface area contributed by atoms with Crippen LogP contribution in [0.3, 0.4) is 0 Å². The van der Waals surface area contributed by atoms with Crippen molar-refractivity contribution in [3.8, 4) is 5.75 Å². The molecule has 4 rings (SSSR count). The summed E-state index contributed by atoms with van der Waals surface area (Å²) in [6, 6.07) is 4.87. The molecule has 12 heteroatoms. The average Bonchev–Trinajstić information content (AvgIpc) is 3.31. The van der Waals surface area contributed by atoms with Crippen molar-refractivity contribution >= 4 is 17.2 Å². The van der Waals surface area contributed by atoms with Gasteiger partial charge in [-0.15, -0.1) is 0 Å². The molecular weight excluding hydrogens is 503 g/mol. The Morgan fingerprint density at radius 3 is 2.47 bits per heavy atom.